The maximum absolute atomic E-state index is 12.4. The Kier molecular flexibility index (Phi) is 8.64. The van der Waals surface area contributed by atoms with Gasteiger partial charge in [0.05, 0.1) is 37.5 Å². The van der Waals surface area contributed by atoms with Crippen molar-refractivity contribution in [1.82, 2.24) is 4.90 Å². The molecule has 2 rings (SSSR count). The summed E-state index contributed by atoms with van der Waals surface area (Å²) in [5.41, 5.74) is 0.661. The van der Waals surface area contributed by atoms with Crippen LogP contribution in [-0.4, -0.2) is 55.5 Å². The molecule has 2 amide bonds. The number of nitriles is 2. The molecule has 0 aromatic heterocycles. The van der Waals surface area contributed by atoms with Gasteiger partial charge < -0.3 is 19.3 Å². The molecule has 0 N–H and O–H groups in total. The van der Waals surface area contributed by atoms with E-state index in [1.807, 2.05) is 19.1 Å². The van der Waals surface area contributed by atoms with Crippen LogP contribution in [0.15, 0.2) is 24.3 Å². The maximum atomic E-state index is 12.4. The number of benzene rings is 1. The quantitative estimate of drug-likeness (QED) is 0.535. The largest absolute Gasteiger partial charge is 0.494 e. The Bertz CT molecular complexity index is 822. The number of esters is 1. The van der Waals surface area contributed by atoms with Crippen molar-refractivity contribution in [2.24, 2.45) is 5.92 Å². The standard InChI is InChI=1S/C21H24N4O5/c1-2-29-18-7-5-17(6-8-18)25-14-16(13-19(25)26)21(28)30-15-20(27)24(11-3-9-22)12-4-10-23/h5-8,16H,2-4,11-15H2,1H3. The minimum atomic E-state index is -0.663. The Labute approximate surface area is 175 Å². The van der Waals surface area contributed by atoms with Gasteiger partial charge in [-0.15, -0.1) is 0 Å². The summed E-state index contributed by atoms with van der Waals surface area (Å²) in [6.07, 6.45) is 0.255. The monoisotopic (exact) mass is 412 g/mol. The van der Waals surface area contributed by atoms with Crippen LogP contribution < -0.4 is 9.64 Å². The second kappa shape index (κ2) is 11.4. The molecule has 1 aromatic carbocycles. The highest BCUT2D eigenvalue weighted by Gasteiger charge is 2.36. The van der Waals surface area contributed by atoms with Gasteiger partial charge in [-0.1, -0.05) is 0 Å². The highest BCUT2D eigenvalue weighted by Crippen LogP contribution is 2.27. The van der Waals surface area contributed by atoms with Crippen LogP contribution in [-0.2, 0) is 19.1 Å². The van der Waals surface area contributed by atoms with Crippen molar-refractivity contribution in [3.05, 3.63) is 24.3 Å². The molecule has 0 spiro atoms. The first-order chi connectivity index (χ1) is 14.5. The third-order valence-electron chi connectivity index (χ3n) is 4.60. The predicted octanol–water partition coefficient (Wildman–Crippen LogP) is 1.64. The molecule has 1 heterocycles. The van der Waals surface area contributed by atoms with Crippen LogP contribution in [0.1, 0.15) is 26.2 Å². The molecular weight excluding hydrogens is 388 g/mol. The fourth-order valence-corrected chi connectivity index (χ4v) is 3.08. The maximum Gasteiger partial charge on any atom is 0.311 e. The third-order valence-corrected chi connectivity index (χ3v) is 4.60. The van der Waals surface area contributed by atoms with E-state index in [2.05, 4.69) is 0 Å². The molecule has 1 aliphatic heterocycles. The van der Waals surface area contributed by atoms with Gasteiger partial charge in [-0.2, -0.15) is 10.5 Å². The zero-order valence-electron chi connectivity index (χ0n) is 16.9. The first-order valence-corrected chi connectivity index (χ1v) is 9.71. The van der Waals surface area contributed by atoms with E-state index in [-0.39, 0.29) is 44.8 Å². The number of anilines is 1. The molecule has 0 bridgehead atoms. The summed E-state index contributed by atoms with van der Waals surface area (Å²) in [7, 11) is 0. The number of carbonyl (C=O) groups excluding carboxylic acids is 3. The van der Waals surface area contributed by atoms with Gasteiger partial charge in [0.2, 0.25) is 5.91 Å². The van der Waals surface area contributed by atoms with E-state index < -0.39 is 24.4 Å². The predicted molar refractivity (Wildman–Crippen MR) is 106 cm³/mol. The summed E-state index contributed by atoms with van der Waals surface area (Å²) >= 11 is 0. The van der Waals surface area contributed by atoms with Crippen LogP contribution >= 0.6 is 0 Å². The van der Waals surface area contributed by atoms with E-state index in [1.54, 1.807) is 24.3 Å². The average molecular weight is 412 g/mol. The first kappa shape index (κ1) is 22.7. The van der Waals surface area contributed by atoms with Crippen LogP contribution in [0.5, 0.6) is 5.75 Å². The lowest BCUT2D eigenvalue weighted by Crippen LogP contribution is -2.37. The molecule has 30 heavy (non-hydrogen) atoms. The number of amides is 2. The van der Waals surface area contributed by atoms with Crippen LogP contribution in [0.3, 0.4) is 0 Å². The number of carbonyl (C=O) groups is 3. The minimum absolute atomic E-state index is 0.00676. The fourth-order valence-electron chi connectivity index (χ4n) is 3.08. The molecule has 0 saturated carbocycles. The van der Waals surface area contributed by atoms with Crippen molar-refractivity contribution in [3.8, 4) is 17.9 Å². The molecule has 1 aromatic rings. The second-order valence-electron chi connectivity index (χ2n) is 6.64. The highest BCUT2D eigenvalue weighted by molar-refractivity contribution is 5.99. The third kappa shape index (κ3) is 6.21. The molecule has 0 radical (unpaired) electrons. The number of ether oxygens (including phenoxy) is 2. The van der Waals surface area contributed by atoms with E-state index in [1.165, 1.54) is 9.80 Å². The fraction of sp³-hybridized carbons (Fsp3) is 0.476. The summed E-state index contributed by atoms with van der Waals surface area (Å²) in [6, 6.07) is 10.9. The molecule has 9 nitrogen and oxygen atoms in total. The number of hydrogen-bond acceptors (Lipinski definition) is 7. The first-order valence-electron chi connectivity index (χ1n) is 9.71. The molecule has 158 valence electrons. The van der Waals surface area contributed by atoms with E-state index in [9.17, 15) is 14.4 Å². The Morgan fingerprint density at radius 3 is 2.37 bits per heavy atom. The Balaban J connectivity index is 1.90. The molecule has 1 atom stereocenters. The van der Waals surface area contributed by atoms with Crippen molar-refractivity contribution in [1.29, 1.82) is 10.5 Å². The van der Waals surface area contributed by atoms with Gasteiger partial charge in [0.15, 0.2) is 6.61 Å². The van der Waals surface area contributed by atoms with E-state index in [4.69, 9.17) is 20.0 Å². The SMILES string of the molecule is CCOc1ccc(N2CC(C(=O)OCC(=O)N(CCC#N)CCC#N)CC2=O)cc1. The van der Waals surface area contributed by atoms with Crippen molar-refractivity contribution in [3.63, 3.8) is 0 Å². The lowest BCUT2D eigenvalue weighted by atomic mass is 10.1. The second-order valence-corrected chi connectivity index (χ2v) is 6.64. The Hall–Kier alpha value is -3.59. The molecule has 1 saturated heterocycles. The lowest BCUT2D eigenvalue weighted by molar-refractivity contribution is -0.155. The van der Waals surface area contributed by atoms with Gasteiger partial charge >= 0.3 is 5.97 Å². The van der Waals surface area contributed by atoms with E-state index in [0.29, 0.717) is 18.0 Å². The van der Waals surface area contributed by atoms with Gasteiger partial charge in [-0.05, 0) is 31.2 Å². The zero-order valence-corrected chi connectivity index (χ0v) is 16.9. The van der Waals surface area contributed by atoms with Gasteiger partial charge in [0.25, 0.3) is 5.91 Å². The lowest BCUT2D eigenvalue weighted by Gasteiger charge is -2.20. The molecule has 1 fully saturated rings. The van der Waals surface area contributed by atoms with Crippen LogP contribution in [0.4, 0.5) is 5.69 Å². The van der Waals surface area contributed by atoms with Crippen molar-refractivity contribution in [2.45, 2.75) is 26.2 Å². The topological polar surface area (TPSA) is 124 Å². The summed E-state index contributed by atoms with van der Waals surface area (Å²) in [4.78, 5) is 39.8. The summed E-state index contributed by atoms with van der Waals surface area (Å²) in [5, 5.41) is 17.4. The summed E-state index contributed by atoms with van der Waals surface area (Å²) < 4.78 is 10.5. The number of nitrogens with zero attached hydrogens (tertiary/aromatic N) is 4. The number of rotatable bonds is 10. The van der Waals surface area contributed by atoms with E-state index in [0.717, 1.165) is 0 Å². The average Bonchev–Trinajstić information content (AvgIpc) is 3.14. The van der Waals surface area contributed by atoms with E-state index >= 15 is 0 Å². The molecule has 1 unspecified atom stereocenters. The smallest absolute Gasteiger partial charge is 0.311 e. The van der Waals surface area contributed by atoms with Gasteiger partial charge in [0, 0.05) is 31.7 Å². The van der Waals surface area contributed by atoms with Crippen LogP contribution in [0, 0.1) is 28.6 Å². The van der Waals surface area contributed by atoms with Gasteiger partial charge in [-0.25, -0.2) is 0 Å². The van der Waals surface area contributed by atoms with Crippen LogP contribution in [0.25, 0.3) is 0 Å². The highest BCUT2D eigenvalue weighted by atomic mass is 16.5. The molecule has 0 aliphatic carbocycles. The van der Waals surface area contributed by atoms with Gasteiger partial charge in [-0.3, -0.25) is 14.4 Å². The summed E-state index contributed by atoms with van der Waals surface area (Å²) in [5.74, 6) is -1.26. The van der Waals surface area contributed by atoms with Crippen molar-refractivity contribution >= 4 is 23.5 Å². The normalized spacial score (nSPS) is 15.2. The Morgan fingerprint density at radius 2 is 1.80 bits per heavy atom. The van der Waals surface area contributed by atoms with Crippen molar-refractivity contribution < 1.29 is 23.9 Å². The molecule has 9 heteroatoms. The van der Waals surface area contributed by atoms with Crippen LogP contribution in [0.2, 0.25) is 0 Å². The number of hydrogen-bond donors (Lipinski definition) is 0. The molecular formula is C21H24N4O5. The summed E-state index contributed by atoms with van der Waals surface area (Å²) in [6.45, 7) is 2.45. The zero-order chi connectivity index (χ0) is 21.9. The Morgan fingerprint density at radius 1 is 1.17 bits per heavy atom. The van der Waals surface area contributed by atoms with Gasteiger partial charge in [0.1, 0.15) is 5.75 Å². The minimum Gasteiger partial charge on any atom is -0.494 e. The van der Waals surface area contributed by atoms with Crippen molar-refractivity contribution in [2.75, 3.05) is 37.7 Å². The molecule has 1 aliphatic rings.